The maximum atomic E-state index is 11.0. The van der Waals surface area contributed by atoms with Gasteiger partial charge >= 0.3 is 5.97 Å². The quantitative estimate of drug-likeness (QED) is 0.567. The molecule has 0 atom stereocenters. The minimum absolute atomic E-state index is 0.273. The Morgan fingerprint density at radius 1 is 1.14 bits per heavy atom. The zero-order valence-electron chi connectivity index (χ0n) is 12.5. The lowest BCUT2D eigenvalue weighted by molar-refractivity contribution is -0.140. The smallest absolute Gasteiger partial charge is 0.306 e. The molecule has 1 heterocycles. The van der Waals surface area contributed by atoms with Gasteiger partial charge in [0.05, 0.1) is 27.8 Å². The second-order valence-corrected chi connectivity index (χ2v) is 5.20. The summed E-state index contributed by atoms with van der Waals surface area (Å²) in [6, 6.07) is 5.31. The minimum atomic E-state index is -0.273. The van der Waals surface area contributed by atoms with Crippen LogP contribution in [0.3, 0.4) is 0 Å². The molecule has 0 aliphatic carbocycles. The number of nitrogens with zero attached hydrogens (tertiary/aromatic N) is 2. The highest BCUT2D eigenvalue weighted by Gasteiger charge is 2.12. The molecule has 0 spiro atoms. The maximum Gasteiger partial charge on any atom is 0.306 e. The lowest BCUT2D eigenvalue weighted by Gasteiger charge is -2.05. The summed E-state index contributed by atoms with van der Waals surface area (Å²) in [7, 11) is 4.49. The van der Waals surface area contributed by atoms with Gasteiger partial charge in [0.25, 0.3) is 5.22 Å². The Hall–Kier alpha value is -2.22. The minimum Gasteiger partial charge on any atom is -0.497 e. The summed E-state index contributed by atoms with van der Waals surface area (Å²) in [5, 5.41) is 8.32. The van der Waals surface area contributed by atoms with E-state index in [1.807, 2.05) is 0 Å². The van der Waals surface area contributed by atoms with Crippen molar-refractivity contribution in [1.29, 1.82) is 0 Å². The summed E-state index contributed by atoms with van der Waals surface area (Å²) in [5.74, 6) is 1.86. The van der Waals surface area contributed by atoms with Crippen molar-refractivity contribution in [2.45, 2.75) is 11.6 Å². The van der Waals surface area contributed by atoms with Crippen LogP contribution >= 0.6 is 11.8 Å². The van der Waals surface area contributed by atoms with Gasteiger partial charge in [0, 0.05) is 17.4 Å². The average Bonchev–Trinajstić information content (AvgIpc) is 3.03. The fourth-order valence-electron chi connectivity index (χ4n) is 1.64. The normalized spacial score (nSPS) is 10.3. The van der Waals surface area contributed by atoms with Crippen molar-refractivity contribution >= 4 is 17.7 Å². The zero-order chi connectivity index (χ0) is 15.9. The van der Waals surface area contributed by atoms with Crippen LogP contribution in [-0.4, -0.2) is 43.2 Å². The molecule has 0 saturated heterocycles. The van der Waals surface area contributed by atoms with Crippen LogP contribution in [-0.2, 0) is 9.53 Å². The number of hydrogen-bond donors (Lipinski definition) is 0. The SMILES string of the molecule is COC(=O)CCSc1nnc(-c2cc(OC)cc(OC)c2)o1. The molecule has 22 heavy (non-hydrogen) atoms. The van der Waals surface area contributed by atoms with Crippen molar-refractivity contribution in [2.75, 3.05) is 27.1 Å². The Morgan fingerprint density at radius 3 is 2.41 bits per heavy atom. The highest BCUT2D eigenvalue weighted by atomic mass is 32.2. The largest absolute Gasteiger partial charge is 0.497 e. The monoisotopic (exact) mass is 324 g/mol. The summed E-state index contributed by atoms with van der Waals surface area (Å²) in [5.41, 5.74) is 0.698. The van der Waals surface area contributed by atoms with Crippen LogP contribution in [0.5, 0.6) is 11.5 Å². The Balaban J connectivity index is 2.09. The van der Waals surface area contributed by atoms with E-state index in [1.165, 1.54) is 18.9 Å². The summed E-state index contributed by atoms with van der Waals surface area (Å²) < 4.78 is 20.5. The van der Waals surface area contributed by atoms with Crippen LogP contribution in [0.4, 0.5) is 0 Å². The summed E-state index contributed by atoms with van der Waals surface area (Å²) in [6.07, 6.45) is 0.284. The molecule has 0 N–H and O–H groups in total. The molecule has 0 aliphatic rings. The molecule has 1 aromatic heterocycles. The lowest BCUT2D eigenvalue weighted by Crippen LogP contribution is -2.00. The molecule has 0 amide bonds. The van der Waals surface area contributed by atoms with Gasteiger partial charge in [0.2, 0.25) is 5.89 Å². The molecule has 0 aliphatic heterocycles. The number of carbonyl (C=O) groups is 1. The van der Waals surface area contributed by atoms with Crippen molar-refractivity contribution in [1.82, 2.24) is 10.2 Å². The number of hydrogen-bond acceptors (Lipinski definition) is 8. The van der Waals surface area contributed by atoms with Gasteiger partial charge in [0.1, 0.15) is 11.5 Å². The second-order valence-electron chi connectivity index (χ2n) is 4.15. The third kappa shape index (κ3) is 4.14. The van der Waals surface area contributed by atoms with Crippen molar-refractivity contribution in [3.05, 3.63) is 18.2 Å². The first-order valence-corrected chi connectivity index (χ1v) is 7.41. The topological polar surface area (TPSA) is 83.7 Å². The van der Waals surface area contributed by atoms with Gasteiger partial charge in [-0.25, -0.2) is 0 Å². The van der Waals surface area contributed by atoms with Crippen LogP contribution in [0.15, 0.2) is 27.8 Å². The van der Waals surface area contributed by atoms with Crippen LogP contribution in [0.1, 0.15) is 6.42 Å². The van der Waals surface area contributed by atoms with Crippen LogP contribution < -0.4 is 9.47 Å². The van der Waals surface area contributed by atoms with E-state index in [0.29, 0.717) is 33.9 Å². The Labute approximate surface area is 132 Å². The van der Waals surface area contributed by atoms with Crippen molar-refractivity contribution < 1.29 is 23.4 Å². The molecular formula is C14H16N2O5S. The van der Waals surface area contributed by atoms with E-state index in [9.17, 15) is 4.79 Å². The Bertz CT molecular complexity index is 622. The molecule has 2 aromatic rings. The third-order valence-electron chi connectivity index (χ3n) is 2.76. The first-order valence-electron chi connectivity index (χ1n) is 6.43. The number of aromatic nitrogens is 2. The van der Waals surface area contributed by atoms with Gasteiger partial charge in [-0.05, 0) is 12.1 Å². The number of carbonyl (C=O) groups excluding carboxylic acids is 1. The van der Waals surface area contributed by atoms with Gasteiger partial charge in [-0.15, -0.1) is 10.2 Å². The number of benzene rings is 1. The zero-order valence-corrected chi connectivity index (χ0v) is 13.3. The van der Waals surface area contributed by atoms with Crippen LogP contribution in [0.25, 0.3) is 11.5 Å². The van der Waals surface area contributed by atoms with Gasteiger partial charge in [0.15, 0.2) is 0 Å². The van der Waals surface area contributed by atoms with Crippen molar-refractivity contribution in [3.63, 3.8) is 0 Å². The van der Waals surface area contributed by atoms with Gasteiger partial charge in [-0.1, -0.05) is 11.8 Å². The Kier molecular flexibility index (Phi) is 5.65. The molecule has 0 fully saturated rings. The van der Waals surface area contributed by atoms with E-state index in [4.69, 9.17) is 13.9 Å². The predicted molar refractivity (Wildman–Crippen MR) is 80.2 cm³/mol. The highest BCUT2D eigenvalue weighted by molar-refractivity contribution is 7.99. The maximum absolute atomic E-state index is 11.0. The van der Waals surface area contributed by atoms with Crippen LogP contribution in [0.2, 0.25) is 0 Å². The summed E-state index contributed by atoms with van der Waals surface area (Å²) in [4.78, 5) is 11.0. The number of esters is 1. The van der Waals surface area contributed by atoms with E-state index < -0.39 is 0 Å². The highest BCUT2D eigenvalue weighted by Crippen LogP contribution is 2.30. The van der Waals surface area contributed by atoms with E-state index in [2.05, 4.69) is 14.9 Å². The fraction of sp³-hybridized carbons (Fsp3) is 0.357. The molecule has 0 saturated carbocycles. The molecule has 8 heteroatoms. The molecular weight excluding hydrogens is 308 g/mol. The standard InChI is InChI=1S/C14H16N2O5S/c1-18-10-6-9(7-11(8-10)19-2)13-15-16-14(21-13)22-5-4-12(17)20-3/h6-8H,4-5H2,1-3H3. The molecule has 0 radical (unpaired) electrons. The van der Waals surface area contributed by atoms with E-state index in [-0.39, 0.29) is 12.4 Å². The van der Waals surface area contributed by atoms with E-state index in [1.54, 1.807) is 32.4 Å². The molecule has 2 rings (SSSR count). The predicted octanol–water partition coefficient (Wildman–Crippen LogP) is 2.41. The average molecular weight is 324 g/mol. The number of ether oxygens (including phenoxy) is 3. The molecule has 1 aromatic carbocycles. The number of rotatable bonds is 7. The molecule has 7 nitrogen and oxygen atoms in total. The molecule has 118 valence electrons. The van der Waals surface area contributed by atoms with Crippen molar-refractivity contribution in [3.8, 4) is 23.0 Å². The molecule has 0 unspecified atom stereocenters. The fourth-order valence-corrected chi connectivity index (χ4v) is 2.32. The number of thioether (sulfide) groups is 1. The van der Waals surface area contributed by atoms with Gasteiger partial charge in [-0.3, -0.25) is 4.79 Å². The van der Waals surface area contributed by atoms with E-state index in [0.717, 1.165) is 0 Å². The van der Waals surface area contributed by atoms with Crippen LogP contribution in [0, 0.1) is 0 Å². The summed E-state index contributed by atoms with van der Waals surface area (Å²) >= 11 is 1.30. The molecule has 0 bridgehead atoms. The third-order valence-corrected chi connectivity index (χ3v) is 3.58. The van der Waals surface area contributed by atoms with Crippen molar-refractivity contribution in [2.24, 2.45) is 0 Å². The Morgan fingerprint density at radius 2 is 1.82 bits per heavy atom. The van der Waals surface area contributed by atoms with Gasteiger partial charge < -0.3 is 18.6 Å². The first-order chi connectivity index (χ1) is 10.7. The lowest BCUT2D eigenvalue weighted by atomic mass is 10.2. The second kappa shape index (κ2) is 7.69. The summed E-state index contributed by atoms with van der Waals surface area (Å²) in [6.45, 7) is 0. The van der Waals surface area contributed by atoms with E-state index >= 15 is 0 Å². The number of methoxy groups -OCH3 is 3. The van der Waals surface area contributed by atoms with Gasteiger partial charge in [-0.2, -0.15) is 0 Å². The first kappa shape index (κ1) is 16.2.